The fourth-order valence-electron chi connectivity index (χ4n) is 11.8. The molecule has 1 aliphatic carbocycles. The number of para-hydroxylation sites is 1. The molecule has 0 saturated heterocycles. The smallest absolute Gasteiger partial charge is 0.164 e. The summed E-state index contributed by atoms with van der Waals surface area (Å²) < 4.78 is 13.0. The number of aromatic nitrogens is 3. The summed E-state index contributed by atoms with van der Waals surface area (Å²) in [7, 11) is 0. The van der Waals surface area contributed by atoms with Gasteiger partial charge in [-0.3, -0.25) is 0 Å². The van der Waals surface area contributed by atoms with E-state index < -0.39 is 5.41 Å². The molecule has 14 aromatic rings. The number of rotatable bonds is 8. The Morgan fingerprint density at radius 1 is 0.253 bits per heavy atom. The molecule has 0 fully saturated rings. The van der Waals surface area contributed by atoms with Gasteiger partial charge in [0.25, 0.3) is 0 Å². The van der Waals surface area contributed by atoms with E-state index in [1.54, 1.807) is 0 Å². The minimum absolute atomic E-state index is 0.465. The molecule has 15 rings (SSSR count). The van der Waals surface area contributed by atoms with E-state index in [0.29, 0.717) is 17.5 Å². The first-order valence-electron chi connectivity index (χ1n) is 25.4. The third kappa shape index (κ3) is 6.89. The Bertz CT molecular complexity index is 4480. The number of furan rings is 2. The van der Waals surface area contributed by atoms with Crippen LogP contribution in [0.5, 0.6) is 0 Å². The molecule has 75 heavy (non-hydrogen) atoms. The fraction of sp³-hybridized carbons (Fsp3) is 0.0143. The SMILES string of the molecule is c1ccc(-c2cccc(-c3nc(-c4ccc5c(c4)oc4ccccc45)nc(-c4cccc5oc6ccc(-c7ccc(-c8ccc9c(c8)C(c8ccccc8)(c8ccccc8)c8ccccc8-9)cc7)cc6c45)n3)c2)cc1. The Hall–Kier alpha value is -9.97. The molecular formula is C70H43N3O2. The van der Waals surface area contributed by atoms with Crippen molar-refractivity contribution in [3.63, 3.8) is 0 Å². The molecular weight excluding hydrogens is 915 g/mol. The molecule has 0 saturated carbocycles. The zero-order chi connectivity index (χ0) is 49.5. The van der Waals surface area contributed by atoms with E-state index in [1.807, 2.05) is 42.5 Å². The lowest BCUT2D eigenvalue weighted by molar-refractivity contribution is 0.668. The topological polar surface area (TPSA) is 65.0 Å². The highest BCUT2D eigenvalue weighted by Crippen LogP contribution is 2.57. The van der Waals surface area contributed by atoms with E-state index in [9.17, 15) is 0 Å². The zero-order valence-electron chi connectivity index (χ0n) is 40.5. The van der Waals surface area contributed by atoms with E-state index in [1.165, 1.54) is 38.9 Å². The Balaban J connectivity index is 0.836. The van der Waals surface area contributed by atoms with Crippen LogP contribution < -0.4 is 0 Å². The molecule has 0 spiro atoms. The standard InChI is InChI=1S/C70H43N3O2/c1-4-16-44(17-5-1)47-18-14-19-50(40-47)67-71-68(51-35-38-57-56-25-11-13-28-62(56)75-65(57)43-51)73-69(72-67)58-26-15-29-64-66(58)59-41-48(36-39-63(59)74-64)45-30-32-46(33-31-45)49-34-37-55-54-24-10-12-27-60(54)70(61(55)42-49,52-20-6-2-7-21-52)53-22-8-3-9-23-53/h1-43H. The summed E-state index contributed by atoms with van der Waals surface area (Å²) in [5.41, 5.74) is 19.6. The molecule has 0 radical (unpaired) electrons. The predicted molar refractivity (Wildman–Crippen MR) is 304 cm³/mol. The van der Waals surface area contributed by atoms with Crippen LogP contribution in [-0.2, 0) is 5.41 Å². The van der Waals surface area contributed by atoms with Crippen molar-refractivity contribution in [2.75, 3.05) is 0 Å². The molecule has 0 bridgehead atoms. The van der Waals surface area contributed by atoms with Crippen molar-refractivity contribution < 1.29 is 8.83 Å². The normalized spacial score (nSPS) is 12.6. The number of nitrogens with zero attached hydrogens (tertiary/aromatic N) is 3. The van der Waals surface area contributed by atoms with Crippen LogP contribution in [0.1, 0.15) is 22.3 Å². The van der Waals surface area contributed by atoms with Crippen LogP contribution in [0.2, 0.25) is 0 Å². The van der Waals surface area contributed by atoms with Crippen LogP contribution in [0.15, 0.2) is 270 Å². The lowest BCUT2D eigenvalue weighted by Gasteiger charge is -2.34. The summed E-state index contributed by atoms with van der Waals surface area (Å²) in [5, 5.41) is 4.04. The van der Waals surface area contributed by atoms with Gasteiger partial charge in [0.15, 0.2) is 17.5 Å². The van der Waals surface area contributed by atoms with Gasteiger partial charge in [0, 0.05) is 38.2 Å². The van der Waals surface area contributed by atoms with Gasteiger partial charge in [-0.1, -0.05) is 212 Å². The minimum Gasteiger partial charge on any atom is -0.456 e. The zero-order valence-corrected chi connectivity index (χ0v) is 40.5. The van der Waals surface area contributed by atoms with Gasteiger partial charge in [-0.25, -0.2) is 15.0 Å². The average Bonchev–Trinajstić information content (AvgIpc) is 4.27. The van der Waals surface area contributed by atoms with Crippen LogP contribution in [0.3, 0.4) is 0 Å². The van der Waals surface area contributed by atoms with Crippen molar-refractivity contribution in [2.45, 2.75) is 5.41 Å². The number of benzene rings is 11. The Labute approximate surface area is 432 Å². The molecule has 0 atom stereocenters. The summed E-state index contributed by atoms with van der Waals surface area (Å²) in [6, 6.07) is 92.5. The second kappa shape index (κ2) is 17.1. The van der Waals surface area contributed by atoms with E-state index >= 15 is 0 Å². The van der Waals surface area contributed by atoms with Gasteiger partial charge in [0.05, 0.1) is 5.41 Å². The van der Waals surface area contributed by atoms with Gasteiger partial charge >= 0.3 is 0 Å². The lowest BCUT2D eigenvalue weighted by Crippen LogP contribution is -2.28. The summed E-state index contributed by atoms with van der Waals surface area (Å²) >= 11 is 0. The van der Waals surface area contributed by atoms with Crippen molar-refractivity contribution >= 4 is 43.9 Å². The second-order valence-corrected chi connectivity index (χ2v) is 19.4. The van der Waals surface area contributed by atoms with Gasteiger partial charge in [-0.15, -0.1) is 0 Å². The second-order valence-electron chi connectivity index (χ2n) is 19.4. The maximum atomic E-state index is 6.61. The molecule has 11 aromatic carbocycles. The molecule has 3 aromatic heterocycles. The fourth-order valence-corrected chi connectivity index (χ4v) is 11.8. The summed E-state index contributed by atoms with van der Waals surface area (Å²) in [6.07, 6.45) is 0. The number of hydrogen-bond donors (Lipinski definition) is 0. The minimum atomic E-state index is -0.465. The highest BCUT2D eigenvalue weighted by molar-refractivity contribution is 6.13. The third-order valence-corrected chi connectivity index (χ3v) is 15.2. The van der Waals surface area contributed by atoms with Gasteiger partial charge in [-0.2, -0.15) is 0 Å². The first-order chi connectivity index (χ1) is 37.1. The van der Waals surface area contributed by atoms with E-state index in [2.05, 4.69) is 218 Å². The number of hydrogen-bond acceptors (Lipinski definition) is 5. The van der Waals surface area contributed by atoms with Gasteiger partial charge < -0.3 is 8.83 Å². The third-order valence-electron chi connectivity index (χ3n) is 15.2. The first-order valence-corrected chi connectivity index (χ1v) is 25.4. The quantitative estimate of drug-likeness (QED) is 0.152. The number of fused-ring (bicyclic) bond motifs is 9. The molecule has 0 unspecified atom stereocenters. The summed E-state index contributed by atoms with van der Waals surface area (Å²) in [5.74, 6) is 1.67. The first kappa shape index (κ1) is 42.7. The van der Waals surface area contributed by atoms with Crippen molar-refractivity contribution in [3.8, 4) is 78.7 Å². The van der Waals surface area contributed by atoms with Crippen LogP contribution in [-0.4, -0.2) is 15.0 Å². The molecule has 1 aliphatic rings. The summed E-state index contributed by atoms with van der Waals surface area (Å²) in [4.78, 5) is 15.7. The largest absolute Gasteiger partial charge is 0.456 e. The Morgan fingerprint density at radius 3 is 1.51 bits per heavy atom. The van der Waals surface area contributed by atoms with Crippen LogP contribution in [0, 0.1) is 0 Å². The van der Waals surface area contributed by atoms with Crippen LogP contribution in [0.25, 0.3) is 123 Å². The maximum absolute atomic E-state index is 6.61. The van der Waals surface area contributed by atoms with Crippen LogP contribution in [0.4, 0.5) is 0 Å². The Morgan fingerprint density at radius 2 is 0.733 bits per heavy atom. The van der Waals surface area contributed by atoms with Crippen LogP contribution >= 0.6 is 0 Å². The predicted octanol–water partition coefficient (Wildman–Crippen LogP) is 18.0. The van der Waals surface area contributed by atoms with E-state index in [-0.39, 0.29) is 0 Å². The molecule has 0 N–H and O–H groups in total. The van der Waals surface area contributed by atoms with E-state index in [4.69, 9.17) is 23.8 Å². The Kier molecular flexibility index (Phi) is 9.72. The lowest BCUT2D eigenvalue weighted by atomic mass is 9.67. The highest BCUT2D eigenvalue weighted by atomic mass is 16.3. The molecule has 0 amide bonds. The molecule has 3 heterocycles. The van der Waals surface area contributed by atoms with Gasteiger partial charge in [0.2, 0.25) is 0 Å². The molecule has 0 aliphatic heterocycles. The monoisotopic (exact) mass is 957 g/mol. The molecule has 350 valence electrons. The van der Waals surface area contributed by atoms with Crippen molar-refractivity contribution in [1.82, 2.24) is 15.0 Å². The molecule has 5 heteroatoms. The molecule has 5 nitrogen and oxygen atoms in total. The average molecular weight is 958 g/mol. The van der Waals surface area contributed by atoms with Crippen molar-refractivity contribution in [3.05, 3.63) is 283 Å². The van der Waals surface area contributed by atoms with Gasteiger partial charge in [-0.05, 0) is 115 Å². The van der Waals surface area contributed by atoms with Crippen molar-refractivity contribution in [2.24, 2.45) is 0 Å². The van der Waals surface area contributed by atoms with Gasteiger partial charge in [0.1, 0.15) is 22.3 Å². The van der Waals surface area contributed by atoms with E-state index in [0.717, 1.165) is 88.4 Å². The highest BCUT2D eigenvalue weighted by Gasteiger charge is 2.46. The van der Waals surface area contributed by atoms with Crippen molar-refractivity contribution in [1.29, 1.82) is 0 Å². The summed E-state index contributed by atoms with van der Waals surface area (Å²) in [6.45, 7) is 0. The maximum Gasteiger partial charge on any atom is 0.164 e.